The second kappa shape index (κ2) is 5.30. The van der Waals surface area contributed by atoms with Crippen molar-refractivity contribution in [3.8, 4) is 0 Å². The van der Waals surface area contributed by atoms with E-state index in [0.29, 0.717) is 31.7 Å². The van der Waals surface area contributed by atoms with Crippen LogP contribution in [0.15, 0.2) is 6.07 Å². The highest BCUT2D eigenvalue weighted by atomic mass is 35.5. The predicted molar refractivity (Wildman–Crippen MR) is 70.5 cm³/mol. The normalized spacial score (nSPS) is 18.2. The lowest BCUT2D eigenvalue weighted by atomic mass is 9.94. The zero-order valence-electron chi connectivity index (χ0n) is 10.9. The van der Waals surface area contributed by atoms with Gasteiger partial charge in [-0.05, 0) is 31.4 Å². The lowest BCUT2D eigenvalue weighted by Gasteiger charge is -2.36. The van der Waals surface area contributed by atoms with Crippen LogP contribution in [0, 0.1) is 0 Å². The van der Waals surface area contributed by atoms with E-state index in [0.717, 1.165) is 0 Å². The molecule has 0 saturated carbocycles. The van der Waals surface area contributed by atoms with Crippen LogP contribution in [0.2, 0.25) is 5.28 Å². The van der Waals surface area contributed by atoms with Gasteiger partial charge in [-0.1, -0.05) is 0 Å². The third-order valence-electron chi connectivity index (χ3n) is 3.24. The minimum atomic E-state index is -0.640. The third kappa shape index (κ3) is 3.33. The standard InChI is InChI=1S/C12H16ClN3O3/c1-12(18)3-5-16(6-4-12)9-7-8(10(17)19-2)14-11(13)15-9/h7,18H,3-6H2,1-2H3. The van der Waals surface area contributed by atoms with E-state index in [1.807, 2.05) is 11.8 Å². The third-order valence-corrected chi connectivity index (χ3v) is 3.41. The molecule has 0 bridgehead atoms. The number of nitrogens with zero attached hydrogens (tertiary/aromatic N) is 3. The Morgan fingerprint density at radius 3 is 2.68 bits per heavy atom. The summed E-state index contributed by atoms with van der Waals surface area (Å²) in [6.07, 6.45) is 1.28. The average molecular weight is 286 g/mol. The van der Waals surface area contributed by atoms with Gasteiger partial charge in [0.15, 0.2) is 5.69 Å². The van der Waals surface area contributed by atoms with Crippen molar-refractivity contribution in [2.45, 2.75) is 25.4 Å². The monoisotopic (exact) mass is 285 g/mol. The van der Waals surface area contributed by atoms with E-state index in [9.17, 15) is 9.90 Å². The van der Waals surface area contributed by atoms with Gasteiger partial charge in [0.25, 0.3) is 0 Å². The van der Waals surface area contributed by atoms with Gasteiger partial charge in [-0.15, -0.1) is 0 Å². The Labute approximate surface area is 116 Å². The average Bonchev–Trinajstić information content (AvgIpc) is 2.37. The number of aliphatic hydroxyl groups is 1. The molecule has 1 fully saturated rings. The minimum Gasteiger partial charge on any atom is -0.464 e. The number of esters is 1. The van der Waals surface area contributed by atoms with Gasteiger partial charge in [-0.2, -0.15) is 0 Å². The maximum atomic E-state index is 11.5. The Balaban J connectivity index is 2.21. The van der Waals surface area contributed by atoms with E-state index in [1.54, 1.807) is 6.07 Å². The molecule has 0 aromatic carbocycles. The molecule has 104 valence electrons. The fourth-order valence-electron chi connectivity index (χ4n) is 1.99. The number of hydrogen-bond acceptors (Lipinski definition) is 6. The number of rotatable bonds is 2. The Morgan fingerprint density at radius 2 is 2.11 bits per heavy atom. The molecular formula is C12H16ClN3O3. The first-order valence-electron chi connectivity index (χ1n) is 6.01. The first kappa shape index (κ1) is 14.0. The largest absolute Gasteiger partial charge is 0.464 e. The zero-order valence-corrected chi connectivity index (χ0v) is 11.6. The molecule has 2 rings (SSSR count). The van der Waals surface area contributed by atoms with Crippen LogP contribution in [0.4, 0.5) is 5.82 Å². The molecule has 0 unspecified atom stereocenters. The van der Waals surface area contributed by atoms with Crippen LogP contribution < -0.4 is 4.90 Å². The summed E-state index contributed by atoms with van der Waals surface area (Å²) in [6.45, 7) is 3.12. The van der Waals surface area contributed by atoms with E-state index < -0.39 is 11.6 Å². The molecule has 1 saturated heterocycles. The fourth-order valence-corrected chi connectivity index (χ4v) is 2.17. The van der Waals surface area contributed by atoms with Crippen LogP contribution in [-0.4, -0.2) is 46.8 Å². The molecule has 1 aliphatic rings. The molecule has 0 atom stereocenters. The van der Waals surface area contributed by atoms with Gasteiger partial charge >= 0.3 is 5.97 Å². The van der Waals surface area contributed by atoms with Crippen molar-refractivity contribution < 1.29 is 14.6 Å². The summed E-state index contributed by atoms with van der Waals surface area (Å²) in [4.78, 5) is 21.4. The van der Waals surface area contributed by atoms with Gasteiger partial charge in [0.05, 0.1) is 12.7 Å². The van der Waals surface area contributed by atoms with E-state index >= 15 is 0 Å². The molecule has 7 heteroatoms. The summed E-state index contributed by atoms with van der Waals surface area (Å²) in [6, 6.07) is 1.55. The number of ether oxygens (including phenoxy) is 1. The van der Waals surface area contributed by atoms with Gasteiger partial charge in [0.1, 0.15) is 5.82 Å². The van der Waals surface area contributed by atoms with Crippen molar-refractivity contribution in [2.75, 3.05) is 25.1 Å². The predicted octanol–water partition coefficient (Wildman–Crippen LogP) is 1.27. The Hall–Kier alpha value is -1.40. The van der Waals surface area contributed by atoms with Gasteiger partial charge in [0, 0.05) is 19.2 Å². The highest BCUT2D eigenvalue weighted by Gasteiger charge is 2.28. The molecule has 1 aliphatic heterocycles. The minimum absolute atomic E-state index is 0.00948. The van der Waals surface area contributed by atoms with E-state index in [-0.39, 0.29) is 11.0 Å². The number of anilines is 1. The van der Waals surface area contributed by atoms with Crippen LogP contribution >= 0.6 is 11.6 Å². The van der Waals surface area contributed by atoms with Crippen molar-refractivity contribution in [1.82, 2.24) is 9.97 Å². The first-order chi connectivity index (χ1) is 8.91. The topological polar surface area (TPSA) is 75.5 Å². The lowest BCUT2D eigenvalue weighted by Crippen LogP contribution is -2.42. The number of methoxy groups -OCH3 is 1. The van der Waals surface area contributed by atoms with Gasteiger partial charge in [-0.3, -0.25) is 0 Å². The maximum Gasteiger partial charge on any atom is 0.356 e. The van der Waals surface area contributed by atoms with E-state index in [4.69, 9.17) is 11.6 Å². The number of halogens is 1. The number of carbonyl (C=O) groups is 1. The van der Waals surface area contributed by atoms with Crippen LogP contribution in [0.1, 0.15) is 30.3 Å². The Kier molecular flexibility index (Phi) is 3.91. The summed E-state index contributed by atoms with van der Waals surface area (Å²) >= 11 is 5.82. The molecular weight excluding hydrogens is 270 g/mol. The summed E-state index contributed by atoms with van der Waals surface area (Å²) in [5.41, 5.74) is -0.506. The molecule has 2 heterocycles. The van der Waals surface area contributed by atoms with Crippen molar-refractivity contribution >= 4 is 23.4 Å². The van der Waals surface area contributed by atoms with E-state index in [2.05, 4.69) is 14.7 Å². The smallest absolute Gasteiger partial charge is 0.356 e. The number of carbonyl (C=O) groups excluding carboxylic acids is 1. The zero-order chi connectivity index (χ0) is 14.0. The van der Waals surface area contributed by atoms with Crippen LogP contribution in [0.3, 0.4) is 0 Å². The van der Waals surface area contributed by atoms with Gasteiger partial charge in [0.2, 0.25) is 5.28 Å². The lowest BCUT2D eigenvalue weighted by molar-refractivity contribution is 0.0349. The molecule has 1 aromatic rings. The fraction of sp³-hybridized carbons (Fsp3) is 0.583. The first-order valence-corrected chi connectivity index (χ1v) is 6.39. The summed E-state index contributed by atoms with van der Waals surface area (Å²) < 4.78 is 4.62. The van der Waals surface area contributed by atoms with Crippen LogP contribution in [0.5, 0.6) is 0 Å². The highest BCUT2D eigenvalue weighted by molar-refractivity contribution is 6.28. The molecule has 0 amide bonds. The molecule has 0 spiro atoms. The van der Waals surface area contributed by atoms with Crippen molar-refractivity contribution in [2.24, 2.45) is 0 Å². The van der Waals surface area contributed by atoms with Gasteiger partial charge in [-0.25, -0.2) is 14.8 Å². The molecule has 1 N–H and O–H groups in total. The van der Waals surface area contributed by atoms with Crippen LogP contribution in [0.25, 0.3) is 0 Å². The molecule has 0 radical (unpaired) electrons. The quantitative estimate of drug-likeness (QED) is 0.651. The molecule has 6 nitrogen and oxygen atoms in total. The second-order valence-electron chi connectivity index (χ2n) is 4.86. The van der Waals surface area contributed by atoms with Crippen molar-refractivity contribution in [1.29, 1.82) is 0 Å². The molecule has 0 aliphatic carbocycles. The Bertz CT molecular complexity index is 483. The van der Waals surface area contributed by atoms with Gasteiger partial charge < -0.3 is 14.7 Å². The second-order valence-corrected chi connectivity index (χ2v) is 5.19. The summed E-state index contributed by atoms with van der Waals surface area (Å²) in [5, 5.41) is 9.92. The van der Waals surface area contributed by atoms with Crippen molar-refractivity contribution in [3.63, 3.8) is 0 Å². The highest BCUT2D eigenvalue weighted by Crippen LogP contribution is 2.25. The summed E-state index contributed by atoms with van der Waals surface area (Å²) in [7, 11) is 1.29. The molecule has 1 aromatic heterocycles. The Morgan fingerprint density at radius 1 is 1.47 bits per heavy atom. The summed E-state index contributed by atoms with van der Waals surface area (Å²) in [5.74, 6) is 0.0328. The number of aromatic nitrogens is 2. The maximum absolute atomic E-state index is 11.5. The van der Waals surface area contributed by atoms with Crippen molar-refractivity contribution in [3.05, 3.63) is 17.0 Å². The number of piperidine rings is 1. The molecule has 19 heavy (non-hydrogen) atoms. The van der Waals surface area contributed by atoms with Crippen LogP contribution in [-0.2, 0) is 4.74 Å². The van der Waals surface area contributed by atoms with E-state index in [1.165, 1.54) is 7.11 Å². The SMILES string of the molecule is COC(=O)c1cc(N2CCC(C)(O)CC2)nc(Cl)n1. The number of hydrogen-bond donors (Lipinski definition) is 1.